The van der Waals surface area contributed by atoms with Gasteiger partial charge in [0.15, 0.2) is 0 Å². The third-order valence-corrected chi connectivity index (χ3v) is 4.64. The van der Waals surface area contributed by atoms with Crippen molar-refractivity contribution in [2.24, 2.45) is 0 Å². The molecule has 27 heavy (non-hydrogen) atoms. The molecule has 2 aromatic carbocycles. The average molecular weight is 362 g/mol. The molecule has 0 spiro atoms. The van der Waals surface area contributed by atoms with Crippen LogP contribution >= 0.6 is 0 Å². The standard InChI is InChI=1S/C24H26O3/c25-24(18-17-21-12-5-2-6-13-21)27-23-16-8-7-15-22(23)26-19-9-14-20-10-3-1-4-11-20/h1-6,9-14,17-18,22-23H,7-8,15-16,19H2/b14-9+,18-17+/t22-,23-/m0/s1. The fraction of sp³-hybridized carbons (Fsp3) is 0.292. The third-order valence-electron chi connectivity index (χ3n) is 4.64. The van der Waals surface area contributed by atoms with Crippen LogP contribution in [0, 0.1) is 0 Å². The number of hydrogen-bond donors (Lipinski definition) is 0. The maximum absolute atomic E-state index is 12.2. The number of rotatable bonds is 7. The molecule has 1 saturated carbocycles. The molecule has 0 heterocycles. The minimum Gasteiger partial charge on any atom is -0.456 e. The highest BCUT2D eigenvalue weighted by Gasteiger charge is 2.28. The molecule has 2 aromatic rings. The summed E-state index contributed by atoms with van der Waals surface area (Å²) in [4.78, 5) is 12.2. The Kier molecular flexibility index (Phi) is 7.43. The molecule has 140 valence electrons. The molecule has 1 fully saturated rings. The number of benzene rings is 2. The molecule has 0 amide bonds. The van der Waals surface area contributed by atoms with Gasteiger partial charge in [0.05, 0.1) is 12.7 Å². The van der Waals surface area contributed by atoms with Gasteiger partial charge in [0.2, 0.25) is 0 Å². The first-order chi connectivity index (χ1) is 13.3. The fourth-order valence-electron chi connectivity index (χ4n) is 3.23. The van der Waals surface area contributed by atoms with E-state index < -0.39 is 0 Å². The Bertz CT molecular complexity index is 750. The van der Waals surface area contributed by atoms with Gasteiger partial charge in [-0.25, -0.2) is 4.79 Å². The van der Waals surface area contributed by atoms with E-state index in [0.29, 0.717) is 6.61 Å². The molecule has 3 nitrogen and oxygen atoms in total. The van der Waals surface area contributed by atoms with Crippen molar-refractivity contribution in [3.63, 3.8) is 0 Å². The summed E-state index contributed by atoms with van der Waals surface area (Å²) in [5.41, 5.74) is 2.13. The molecule has 2 atom stereocenters. The molecule has 1 aliphatic carbocycles. The first kappa shape index (κ1) is 19.1. The molecule has 1 aliphatic rings. The van der Waals surface area contributed by atoms with E-state index in [1.165, 1.54) is 6.08 Å². The lowest BCUT2D eigenvalue weighted by atomic mass is 9.94. The van der Waals surface area contributed by atoms with Crippen LogP contribution in [0.2, 0.25) is 0 Å². The van der Waals surface area contributed by atoms with Gasteiger partial charge in [0.1, 0.15) is 6.10 Å². The molecule has 3 rings (SSSR count). The zero-order valence-corrected chi connectivity index (χ0v) is 15.5. The van der Waals surface area contributed by atoms with E-state index in [1.807, 2.05) is 60.7 Å². The van der Waals surface area contributed by atoms with Crippen molar-refractivity contribution in [2.45, 2.75) is 37.9 Å². The molecule has 0 aliphatic heterocycles. The van der Waals surface area contributed by atoms with Gasteiger partial charge in [-0.2, -0.15) is 0 Å². The molecule has 0 unspecified atom stereocenters. The summed E-state index contributed by atoms with van der Waals surface area (Å²) < 4.78 is 11.7. The second kappa shape index (κ2) is 10.5. The minimum atomic E-state index is -0.306. The molecule has 3 heteroatoms. The number of esters is 1. The quantitative estimate of drug-likeness (QED) is 0.496. The SMILES string of the molecule is O=C(/C=C/c1ccccc1)O[C@H]1CCCC[C@@H]1OC/C=C/c1ccccc1. The Morgan fingerprint density at radius 3 is 2.11 bits per heavy atom. The Balaban J connectivity index is 1.48. The number of carbonyl (C=O) groups is 1. The first-order valence-corrected chi connectivity index (χ1v) is 9.58. The topological polar surface area (TPSA) is 35.5 Å². The van der Waals surface area contributed by atoms with Crippen molar-refractivity contribution >= 4 is 18.1 Å². The van der Waals surface area contributed by atoms with E-state index in [1.54, 1.807) is 6.08 Å². The van der Waals surface area contributed by atoms with E-state index >= 15 is 0 Å². The molecule has 0 aromatic heterocycles. The molecule has 0 N–H and O–H groups in total. The van der Waals surface area contributed by atoms with Crippen LogP contribution in [0.1, 0.15) is 36.8 Å². The maximum atomic E-state index is 12.2. The maximum Gasteiger partial charge on any atom is 0.331 e. The Labute approximate surface area is 161 Å². The van der Waals surface area contributed by atoms with Crippen molar-refractivity contribution in [3.8, 4) is 0 Å². The van der Waals surface area contributed by atoms with Crippen molar-refractivity contribution < 1.29 is 14.3 Å². The summed E-state index contributed by atoms with van der Waals surface area (Å²) in [6, 6.07) is 19.9. The predicted octanol–water partition coefficient (Wildman–Crippen LogP) is 5.28. The molecular weight excluding hydrogens is 336 g/mol. The van der Waals surface area contributed by atoms with Crippen LogP contribution in [-0.2, 0) is 14.3 Å². The second-order valence-electron chi connectivity index (χ2n) is 6.69. The average Bonchev–Trinajstić information content (AvgIpc) is 2.72. The lowest BCUT2D eigenvalue weighted by molar-refractivity contribution is -0.154. The van der Waals surface area contributed by atoms with Gasteiger partial charge in [-0.05, 0) is 36.5 Å². The van der Waals surface area contributed by atoms with Crippen LogP contribution in [0.15, 0.2) is 72.8 Å². The molecule has 0 saturated heterocycles. The highest BCUT2D eigenvalue weighted by Crippen LogP contribution is 2.24. The van der Waals surface area contributed by atoms with Crippen LogP contribution in [0.25, 0.3) is 12.2 Å². The van der Waals surface area contributed by atoms with Crippen LogP contribution in [-0.4, -0.2) is 24.8 Å². The van der Waals surface area contributed by atoms with E-state index in [9.17, 15) is 4.79 Å². The summed E-state index contributed by atoms with van der Waals surface area (Å²) in [5, 5.41) is 0. The Morgan fingerprint density at radius 1 is 0.852 bits per heavy atom. The highest BCUT2D eigenvalue weighted by molar-refractivity contribution is 5.87. The smallest absolute Gasteiger partial charge is 0.331 e. The fourth-order valence-corrected chi connectivity index (χ4v) is 3.23. The third kappa shape index (κ3) is 6.54. The van der Waals surface area contributed by atoms with E-state index in [0.717, 1.165) is 36.8 Å². The number of ether oxygens (including phenoxy) is 2. The van der Waals surface area contributed by atoms with Gasteiger partial charge in [0, 0.05) is 6.08 Å². The zero-order valence-electron chi connectivity index (χ0n) is 15.5. The summed E-state index contributed by atoms with van der Waals surface area (Å²) in [5.74, 6) is -0.306. The minimum absolute atomic E-state index is 0.0340. The van der Waals surface area contributed by atoms with Crippen molar-refractivity contribution in [1.29, 1.82) is 0 Å². The van der Waals surface area contributed by atoms with Gasteiger partial charge >= 0.3 is 5.97 Å². The predicted molar refractivity (Wildman–Crippen MR) is 109 cm³/mol. The van der Waals surface area contributed by atoms with E-state index in [-0.39, 0.29) is 18.2 Å². The van der Waals surface area contributed by atoms with Gasteiger partial charge in [-0.1, -0.05) is 79.2 Å². The monoisotopic (exact) mass is 362 g/mol. The summed E-state index contributed by atoms with van der Waals surface area (Å²) in [6.07, 6.45) is 11.1. The van der Waals surface area contributed by atoms with E-state index in [4.69, 9.17) is 9.47 Å². The summed E-state index contributed by atoms with van der Waals surface area (Å²) >= 11 is 0. The largest absolute Gasteiger partial charge is 0.456 e. The van der Waals surface area contributed by atoms with Gasteiger partial charge in [-0.3, -0.25) is 0 Å². The highest BCUT2D eigenvalue weighted by atomic mass is 16.6. The van der Waals surface area contributed by atoms with Crippen LogP contribution < -0.4 is 0 Å². The molecule has 0 bridgehead atoms. The normalized spacial score (nSPS) is 20.1. The van der Waals surface area contributed by atoms with Gasteiger partial charge in [0.25, 0.3) is 0 Å². The molecular formula is C24H26O3. The van der Waals surface area contributed by atoms with Gasteiger partial charge < -0.3 is 9.47 Å². The summed E-state index contributed by atoms with van der Waals surface area (Å²) in [6.45, 7) is 0.521. The zero-order chi connectivity index (χ0) is 18.7. The Morgan fingerprint density at radius 2 is 1.44 bits per heavy atom. The Hall–Kier alpha value is -2.65. The summed E-state index contributed by atoms with van der Waals surface area (Å²) in [7, 11) is 0. The van der Waals surface area contributed by atoms with Crippen molar-refractivity contribution in [1.82, 2.24) is 0 Å². The van der Waals surface area contributed by atoms with Crippen molar-refractivity contribution in [2.75, 3.05) is 6.61 Å². The van der Waals surface area contributed by atoms with Crippen molar-refractivity contribution in [3.05, 3.63) is 83.9 Å². The second-order valence-corrected chi connectivity index (χ2v) is 6.69. The lowest BCUT2D eigenvalue weighted by Crippen LogP contribution is -2.36. The van der Waals surface area contributed by atoms with Crippen LogP contribution in [0.3, 0.4) is 0 Å². The van der Waals surface area contributed by atoms with Crippen LogP contribution in [0.5, 0.6) is 0 Å². The molecule has 0 radical (unpaired) electrons. The number of hydrogen-bond acceptors (Lipinski definition) is 3. The number of carbonyl (C=O) groups excluding carboxylic acids is 1. The first-order valence-electron chi connectivity index (χ1n) is 9.58. The lowest BCUT2D eigenvalue weighted by Gasteiger charge is -2.30. The van der Waals surface area contributed by atoms with E-state index in [2.05, 4.69) is 12.1 Å². The van der Waals surface area contributed by atoms with Gasteiger partial charge in [-0.15, -0.1) is 0 Å². The van der Waals surface area contributed by atoms with Crippen LogP contribution in [0.4, 0.5) is 0 Å².